The minimum absolute atomic E-state index is 0.0816. The molecule has 1 aliphatic rings. The van der Waals surface area contributed by atoms with Crippen molar-refractivity contribution in [3.8, 4) is 0 Å². The molecule has 1 aliphatic heterocycles. The molecule has 0 aliphatic carbocycles. The molecule has 0 radical (unpaired) electrons. The van der Waals surface area contributed by atoms with Crippen LogP contribution in [0.25, 0.3) is 0 Å². The molecule has 6 heteroatoms. The van der Waals surface area contributed by atoms with Gasteiger partial charge in [-0.15, -0.1) is 6.58 Å². The van der Waals surface area contributed by atoms with Gasteiger partial charge in [-0.2, -0.15) is 0 Å². The van der Waals surface area contributed by atoms with Gasteiger partial charge < -0.3 is 0 Å². The van der Waals surface area contributed by atoms with Crippen LogP contribution in [0.15, 0.2) is 17.6 Å². The molecule has 4 amide bonds. The van der Waals surface area contributed by atoms with Crippen molar-refractivity contribution in [3.05, 3.63) is 12.7 Å². The first-order chi connectivity index (χ1) is 10.0. The molecule has 1 atom stereocenters. The second kappa shape index (κ2) is 8.34. The van der Waals surface area contributed by atoms with Crippen LogP contribution < -0.4 is 5.32 Å². The number of hydrogen-bond donors (Lipinski definition) is 1. The molecule has 0 spiro atoms. The van der Waals surface area contributed by atoms with Crippen LogP contribution in [-0.4, -0.2) is 41.5 Å². The third kappa shape index (κ3) is 4.51. The summed E-state index contributed by atoms with van der Waals surface area (Å²) in [5.41, 5.74) is 0.454. The second-order valence-corrected chi connectivity index (χ2v) is 5.05. The van der Waals surface area contributed by atoms with Crippen molar-refractivity contribution in [2.45, 2.75) is 39.5 Å². The van der Waals surface area contributed by atoms with E-state index in [-0.39, 0.29) is 6.54 Å². The third-order valence-corrected chi connectivity index (χ3v) is 3.35. The number of imide groups is 2. The molecule has 0 bridgehead atoms. The Labute approximate surface area is 125 Å². The fraction of sp³-hybridized carbons (Fsp3) is 0.600. The summed E-state index contributed by atoms with van der Waals surface area (Å²) in [5.74, 6) is -2.13. The fourth-order valence-electron chi connectivity index (χ4n) is 2.17. The van der Waals surface area contributed by atoms with Gasteiger partial charge in [-0.05, 0) is 13.3 Å². The number of carbonyl (C=O) groups is 3. The van der Waals surface area contributed by atoms with E-state index in [9.17, 15) is 14.4 Å². The summed E-state index contributed by atoms with van der Waals surface area (Å²) < 4.78 is 0. The maximum atomic E-state index is 12.2. The van der Waals surface area contributed by atoms with E-state index < -0.39 is 23.8 Å². The summed E-state index contributed by atoms with van der Waals surface area (Å²) >= 11 is 0. The van der Waals surface area contributed by atoms with Crippen molar-refractivity contribution in [1.29, 1.82) is 0 Å². The number of carbonyl (C=O) groups excluding carboxylic acids is 3. The van der Waals surface area contributed by atoms with E-state index in [1.165, 1.54) is 6.08 Å². The Hall–Kier alpha value is -1.98. The second-order valence-electron chi connectivity index (χ2n) is 5.05. The third-order valence-electron chi connectivity index (χ3n) is 3.35. The van der Waals surface area contributed by atoms with Gasteiger partial charge in [0.05, 0.1) is 0 Å². The van der Waals surface area contributed by atoms with Gasteiger partial charge in [0.25, 0.3) is 0 Å². The smallest absolute Gasteiger partial charge is 0.293 e. The zero-order valence-electron chi connectivity index (χ0n) is 12.7. The quantitative estimate of drug-likeness (QED) is 0.321. The fourth-order valence-corrected chi connectivity index (χ4v) is 2.17. The number of urea groups is 1. The number of hydrogen-bond acceptors (Lipinski definition) is 4. The molecular formula is C15H23N3O3. The highest BCUT2D eigenvalue weighted by Gasteiger charge is 2.41. The molecule has 0 aromatic heterocycles. The molecule has 1 rings (SSSR count). The van der Waals surface area contributed by atoms with Crippen molar-refractivity contribution < 1.29 is 14.4 Å². The molecule has 0 aromatic carbocycles. The number of rotatable bonds is 8. The first-order valence-corrected chi connectivity index (χ1v) is 7.31. The minimum atomic E-state index is -1.01. The predicted molar refractivity (Wildman–Crippen MR) is 81.1 cm³/mol. The van der Waals surface area contributed by atoms with Gasteiger partial charge in [0.15, 0.2) is 5.92 Å². The summed E-state index contributed by atoms with van der Waals surface area (Å²) in [6.07, 6.45) is 5.76. The largest absolute Gasteiger partial charge is 0.331 e. The Morgan fingerprint density at radius 2 is 2.05 bits per heavy atom. The Bertz CT molecular complexity index is 457. The SMILES string of the molecule is C=CCN1C(=O)NC(=O)C(C(C)=NCCCCCC)C1=O. The van der Waals surface area contributed by atoms with Crippen LogP contribution in [0.3, 0.4) is 0 Å². The molecular weight excluding hydrogens is 270 g/mol. The van der Waals surface area contributed by atoms with Crippen molar-refractivity contribution in [2.24, 2.45) is 10.9 Å². The molecule has 6 nitrogen and oxygen atoms in total. The van der Waals surface area contributed by atoms with Gasteiger partial charge >= 0.3 is 6.03 Å². The van der Waals surface area contributed by atoms with E-state index in [0.717, 1.165) is 30.6 Å². The number of barbiturate groups is 1. The maximum Gasteiger partial charge on any atom is 0.331 e. The lowest BCUT2D eigenvalue weighted by Gasteiger charge is -2.29. The average molecular weight is 293 g/mol. The van der Waals surface area contributed by atoms with E-state index in [4.69, 9.17) is 0 Å². The van der Waals surface area contributed by atoms with Crippen LogP contribution >= 0.6 is 0 Å². The lowest BCUT2D eigenvalue weighted by atomic mass is 9.99. The van der Waals surface area contributed by atoms with Gasteiger partial charge in [-0.3, -0.25) is 24.8 Å². The van der Waals surface area contributed by atoms with Crippen LogP contribution in [0.5, 0.6) is 0 Å². The van der Waals surface area contributed by atoms with E-state index in [0.29, 0.717) is 12.3 Å². The number of amides is 4. The normalized spacial score (nSPS) is 19.7. The summed E-state index contributed by atoms with van der Waals surface area (Å²) in [5, 5.41) is 2.18. The van der Waals surface area contributed by atoms with Crippen LogP contribution in [0.1, 0.15) is 39.5 Å². The van der Waals surface area contributed by atoms with E-state index >= 15 is 0 Å². The van der Waals surface area contributed by atoms with E-state index in [1.807, 2.05) is 0 Å². The molecule has 116 valence electrons. The molecule has 1 N–H and O–H groups in total. The molecule has 0 aromatic rings. The number of aliphatic imine (C=N–C) groups is 1. The van der Waals surface area contributed by atoms with Crippen LogP contribution in [-0.2, 0) is 9.59 Å². The monoisotopic (exact) mass is 293 g/mol. The van der Waals surface area contributed by atoms with Gasteiger partial charge in [-0.1, -0.05) is 32.3 Å². The van der Waals surface area contributed by atoms with Crippen molar-refractivity contribution in [3.63, 3.8) is 0 Å². The topological polar surface area (TPSA) is 78.8 Å². The first kappa shape index (κ1) is 17.1. The van der Waals surface area contributed by atoms with Crippen LogP contribution in [0.2, 0.25) is 0 Å². The molecule has 0 saturated carbocycles. The zero-order valence-corrected chi connectivity index (χ0v) is 12.7. The van der Waals surface area contributed by atoms with E-state index in [1.54, 1.807) is 6.92 Å². The highest BCUT2D eigenvalue weighted by atomic mass is 16.2. The lowest BCUT2D eigenvalue weighted by Crippen LogP contribution is -2.59. The molecule has 1 saturated heterocycles. The van der Waals surface area contributed by atoms with Gasteiger partial charge in [-0.25, -0.2) is 4.79 Å². The van der Waals surface area contributed by atoms with Crippen molar-refractivity contribution in [2.75, 3.05) is 13.1 Å². The maximum absolute atomic E-state index is 12.2. The van der Waals surface area contributed by atoms with E-state index in [2.05, 4.69) is 23.8 Å². The number of nitrogens with zero attached hydrogens (tertiary/aromatic N) is 2. The number of nitrogens with one attached hydrogen (secondary N) is 1. The lowest BCUT2D eigenvalue weighted by molar-refractivity contribution is -0.139. The van der Waals surface area contributed by atoms with Crippen LogP contribution in [0, 0.1) is 5.92 Å². The zero-order chi connectivity index (χ0) is 15.8. The average Bonchev–Trinajstić information content (AvgIpc) is 2.43. The number of unbranched alkanes of at least 4 members (excludes halogenated alkanes) is 3. The highest BCUT2D eigenvalue weighted by molar-refractivity contribution is 6.27. The molecule has 21 heavy (non-hydrogen) atoms. The Balaban J connectivity index is 2.71. The Morgan fingerprint density at radius 3 is 2.67 bits per heavy atom. The standard InChI is InChI=1S/C15H23N3O3/c1-4-6-7-8-9-16-11(3)12-13(19)17-15(21)18(10-5-2)14(12)20/h5,12H,2,4,6-10H2,1,3H3,(H,17,19,21). The first-order valence-electron chi connectivity index (χ1n) is 7.31. The summed E-state index contributed by atoms with van der Waals surface area (Å²) in [6.45, 7) is 7.97. The highest BCUT2D eigenvalue weighted by Crippen LogP contribution is 2.13. The van der Waals surface area contributed by atoms with Gasteiger partial charge in [0.2, 0.25) is 11.8 Å². The Morgan fingerprint density at radius 1 is 1.33 bits per heavy atom. The molecule has 1 unspecified atom stereocenters. The van der Waals surface area contributed by atoms with Gasteiger partial charge in [0, 0.05) is 18.8 Å². The molecule has 1 heterocycles. The minimum Gasteiger partial charge on any atom is -0.293 e. The summed E-state index contributed by atoms with van der Waals surface area (Å²) in [7, 11) is 0. The Kier molecular flexibility index (Phi) is 6.78. The van der Waals surface area contributed by atoms with Gasteiger partial charge in [0.1, 0.15) is 0 Å². The summed E-state index contributed by atoms with van der Waals surface area (Å²) in [4.78, 5) is 41.0. The summed E-state index contributed by atoms with van der Waals surface area (Å²) in [6, 6.07) is -0.697. The van der Waals surface area contributed by atoms with Crippen molar-refractivity contribution in [1.82, 2.24) is 10.2 Å². The molecule has 1 fully saturated rings. The van der Waals surface area contributed by atoms with Crippen LogP contribution in [0.4, 0.5) is 4.79 Å². The predicted octanol–water partition coefficient (Wildman–Crippen LogP) is 1.91. The van der Waals surface area contributed by atoms with Crippen molar-refractivity contribution >= 4 is 23.6 Å².